The van der Waals surface area contributed by atoms with Crippen molar-refractivity contribution < 1.29 is 38.4 Å². The van der Waals surface area contributed by atoms with E-state index in [1.807, 2.05) is 103 Å². The van der Waals surface area contributed by atoms with Gasteiger partial charge in [0.15, 0.2) is 18.5 Å². The molecule has 0 aliphatic carbocycles. The molecule has 1 saturated heterocycles. The van der Waals surface area contributed by atoms with Gasteiger partial charge in [0, 0.05) is 0 Å². The zero-order valence-electron chi connectivity index (χ0n) is 27.9. The molecule has 1 heterocycles. The van der Waals surface area contributed by atoms with Gasteiger partial charge in [0.2, 0.25) is 0 Å². The predicted molar refractivity (Wildman–Crippen MR) is 195 cm³/mol. The van der Waals surface area contributed by atoms with Gasteiger partial charge in [-0.25, -0.2) is 14.4 Å². The van der Waals surface area contributed by atoms with Gasteiger partial charge in [-0.2, -0.15) is 0 Å². The monoisotopic (exact) mass is 690 g/mol. The van der Waals surface area contributed by atoms with Crippen molar-refractivity contribution in [3.05, 3.63) is 180 Å². The highest BCUT2D eigenvalue weighted by Gasteiger charge is 2.50. The molecule has 0 saturated carbocycles. The molecule has 8 heteroatoms. The van der Waals surface area contributed by atoms with Crippen LogP contribution in [0.4, 0.5) is 0 Å². The largest absolute Gasteiger partial charge is 0.459 e. The average Bonchev–Trinajstić information content (AvgIpc) is 3.50. The molecule has 258 valence electrons. The number of aliphatic hydroxyl groups excluding tert-OH is 1. The topological polar surface area (TPSA) is 108 Å². The molecule has 0 amide bonds. The molecule has 1 unspecified atom stereocenters. The maximum atomic E-state index is 13.5. The van der Waals surface area contributed by atoms with E-state index in [4.69, 9.17) is 18.9 Å². The first-order chi connectivity index (χ1) is 25.4. The number of benzene rings is 6. The highest BCUT2D eigenvalue weighted by atomic mass is 16.7. The molecule has 1 aliphatic heterocycles. The van der Waals surface area contributed by atoms with Crippen LogP contribution in [0.5, 0.6) is 0 Å². The van der Waals surface area contributed by atoms with Crippen molar-refractivity contribution in [3.8, 4) is 33.4 Å². The number of hydrogen-bond acceptors (Lipinski definition) is 8. The number of carbonyl (C=O) groups is 3. The van der Waals surface area contributed by atoms with Crippen LogP contribution in [0.1, 0.15) is 31.1 Å². The lowest BCUT2D eigenvalue weighted by atomic mass is 10.0. The summed E-state index contributed by atoms with van der Waals surface area (Å²) in [5.74, 6) is -2.13. The van der Waals surface area contributed by atoms with E-state index in [1.54, 1.807) is 60.7 Å². The molecule has 0 radical (unpaired) electrons. The first-order valence-electron chi connectivity index (χ1n) is 16.8. The van der Waals surface area contributed by atoms with E-state index in [9.17, 15) is 19.5 Å². The molecular weight excluding hydrogens is 656 g/mol. The van der Waals surface area contributed by atoms with E-state index < -0.39 is 42.5 Å². The van der Waals surface area contributed by atoms with Crippen LogP contribution in [0.3, 0.4) is 0 Å². The third-order valence-electron chi connectivity index (χ3n) is 8.83. The SMILES string of the molecule is O=C(OC[C@@H]1OC(O)[C@H](OC(=O)c2ccc(-c3ccccc3)cc2)[C@H]1OC(=O)c1ccc(-c2ccccc2)cc1)c1ccc(-c2ccccc2)cc1. The summed E-state index contributed by atoms with van der Waals surface area (Å²) < 4.78 is 22.9. The van der Waals surface area contributed by atoms with Crippen LogP contribution < -0.4 is 0 Å². The van der Waals surface area contributed by atoms with Crippen molar-refractivity contribution in [1.29, 1.82) is 0 Å². The normalized spacial score (nSPS) is 17.9. The highest BCUT2D eigenvalue weighted by Crippen LogP contribution is 2.29. The Morgan fingerprint density at radius 3 is 1.15 bits per heavy atom. The van der Waals surface area contributed by atoms with E-state index in [0.717, 1.165) is 33.4 Å². The average molecular weight is 691 g/mol. The third kappa shape index (κ3) is 7.84. The second-order valence-corrected chi connectivity index (χ2v) is 12.2. The summed E-state index contributed by atoms with van der Waals surface area (Å²) in [6.45, 7) is -0.388. The second kappa shape index (κ2) is 15.7. The zero-order chi connectivity index (χ0) is 35.9. The van der Waals surface area contributed by atoms with Gasteiger partial charge in [-0.3, -0.25) is 0 Å². The summed E-state index contributed by atoms with van der Waals surface area (Å²) >= 11 is 0. The van der Waals surface area contributed by atoms with Crippen LogP contribution in [0, 0.1) is 0 Å². The van der Waals surface area contributed by atoms with E-state index >= 15 is 0 Å². The molecular formula is C44H34O8. The van der Waals surface area contributed by atoms with Gasteiger partial charge in [0.05, 0.1) is 16.7 Å². The number of hydrogen-bond donors (Lipinski definition) is 1. The number of carbonyl (C=O) groups excluding carboxylic acids is 3. The van der Waals surface area contributed by atoms with Gasteiger partial charge in [-0.05, 0) is 69.8 Å². The van der Waals surface area contributed by atoms with Crippen LogP contribution >= 0.6 is 0 Å². The van der Waals surface area contributed by atoms with Crippen LogP contribution in [-0.4, -0.2) is 54.2 Å². The Morgan fingerprint density at radius 2 is 0.769 bits per heavy atom. The first kappa shape index (κ1) is 34.1. The van der Waals surface area contributed by atoms with Crippen molar-refractivity contribution in [3.63, 3.8) is 0 Å². The number of ether oxygens (including phenoxy) is 4. The molecule has 0 spiro atoms. The van der Waals surface area contributed by atoms with Crippen molar-refractivity contribution in [1.82, 2.24) is 0 Å². The molecule has 6 aromatic rings. The minimum Gasteiger partial charge on any atom is -0.459 e. The van der Waals surface area contributed by atoms with Gasteiger partial charge in [-0.15, -0.1) is 0 Å². The fraction of sp³-hybridized carbons (Fsp3) is 0.114. The lowest BCUT2D eigenvalue weighted by Crippen LogP contribution is -2.42. The minimum atomic E-state index is -1.67. The quantitative estimate of drug-likeness (QED) is 0.114. The molecule has 1 aliphatic rings. The molecule has 8 nitrogen and oxygen atoms in total. The van der Waals surface area contributed by atoms with E-state index in [0.29, 0.717) is 5.56 Å². The van der Waals surface area contributed by atoms with Gasteiger partial charge in [0.25, 0.3) is 0 Å². The van der Waals surface area contributed by atoms with Gasteiger partial charge >= 0.3 is 17.9 Å². The standard InChI is InChI=1S/C44H34O8/c45-41(35-22-16-32(17-23-35)29-10-4-1-5-11-29)49-28-38-39(51-42(46)36-24-18-33(19-25-36)30-12-6-2-7-13-30)40(44(48)50-38)52-43(47)37-26-20-34(21-27-37)31-14-8-3-9-15-31/h1-27,38-40,44,48H,28H2/t38-,39-,40+,44?/m0/s1. The molecule has 1 N–H and O–H groups in total. The van der Waals surface area contributed by atoms with Crippen LogP contribution in [0.15, 0.2) is 164 Å². The van der Waals surface area contributed by atoms with Crippen LogP contribution in [0.25, 0.3) is 33.4 Å². The summed E-state index contributed by atoms with van der Waals surface area (Å²) in [6, 6.07) is 49.7. The molecule has 52 heavy (non-hydrogen) atoms. The summed E-state index contributed by atoms with van der Waals surface area (Å²) in [6.07, 6.45) is -5.53. The minimum absolute atomic E-state index is 0.224. The van der Waals surface area contributed by atoms with E-state index in [1.165, 1.54) is 0 Å². The third-order valence-corrected chi connectivity index (χ3v) is 8.83. The highest BCUT2D eigenvalue weighted by molar-refractivity contribution is 5.92. The van der Waals surface area contributed by atoms with Gasteiger partial charge < -0.3 is 24.1 Å². The number of aliphatic hydroxyl groups is 1. The Morgan fingerprint density at radius 1 is 0.442 bits per heavy atom. The van der Waals surface area contributed by atoms with Gasteiger partial charge in [0.1, 0.15) is 12.7 Å². The van der Waals surface area contributed by atoms with Crippen molar-refractivity contribution in [2.24, 2.45) is 0 Å². The molecule has 7 rings (SSSR count). The Labute approximate surface area is 300 Å². The van der Waals surface area contributed by atoms with E-state index in [-0.39, 0.29) is 17.7 Å². The Bertz CT molecular complexity index is 2120. The van der Waals surface area contributed by atoms with Crippen LogP contribution in [-0.2, 0) is 18.9 Å². The summed E-state index contributed by atoms with van der Waals surface area (Å²) in [5.41, 5.74) is 6.47. The predicted octanol–water partition coefficient (Wildman–Crippen LogP) is 8.01. The maximum absolute atomic E-state index is 13.5. The smallest absolute Gasteiger partial charge is 0.338 e. The zero-order valence-corrected chi connectivity index (χ0v) is 27.9. The van der Waals surface area contributed by atoms with Crippen molar-refractivity contribution in [2.75, 3.05) is 6.61 Å². The first-order valence-corrected chi connectivity index (χ1v) is 16.8. The molecule has 1 fully saturated rings. The summed E-state index contributed by atoms with van der Waals surface area (Å²) in [4.78, 5) is 39.9. The number of esters is 3. The maximum Gasteiger partial charge on any atom is 0.338 e. The summed E-state index contributed by atoms with van der Waals surface area (Å²) in [7, 11) is 0. The van der Waals surface area contributed by atoms with Crippen molar-refractivity contribution >= 4 is 17.9 Å². The van der Waals surface area contributed by atoms with Crippen molar-refractivity contribution in [2.45, 2.75) is 24.6 Å². The molecule has 4 atom stereocenters. The van der Waals surface area contributed by atoms with Gasteiger partial charge in [-0.1, -0.05) is 127 Å². The fourth-order valence-corrected chi connectivity index (χ4v) is 6.02. The fourth-order valence-electron chi connectivity index (χ4n) is 6.02. The summed E-state index contributed by atoms with van der Waals surface area (Å²) in [5, 5.41) is 11.0. The Hall–Kier alpha value is -6.35. The number of rotatable bonds is 10. The Balaban J connectivity index is 1.07. The second-order valence-electron chi connectivity index (χ2n) is 12.2. The Kier molecular flexibility index (Phi) is 10.3. The molecule has 0 aromatic heterocycles. The van der Waals surface area contributed by atoms with Crippen LogP contribution in [0.2, 0.25) is 0 Å². The lowest BCUT2D eigenvalue weighted by Gasteiger charge is -2.23. The molecule has 0 bridgehead atoms. The van der Waals surface area contributed by atoms with E-state index in [2.05, 4.69) is 0 Å². The molecule has 6 aromatic carbocycles. The lowest BCUT2D eigenvalue weighted by molar-refractivity contribution is -0.135.